The Morgan fingerprint density at radius 1 is 1.50 bits per heavy atom. The summed E-state index contributed by atoms with van der Waals surface area (Å²) in [5.41, 5.74) is 1.13. The topological polar surface area (TPSA) is 44.1 Å². The molecule has 0 aliphatic rings. The van der Waals surface area contributed by atoms with Crippen LogP contribution in [0.3, 0.4) is 0 Å². The first-order valence-electron chi connectivity index (χ1n) is 5.99. The van der Waals surface area contributed by atoms with E-state index in [2.05, 4.69) is 5.10 Å². The molecule has 0 unspecified atom stereocenters. The van der Waals surface area contributed by atoms with E-state index in [0.717, 1.165) is 0 Å². The van der Waals surface area contributed by atoms with Crippen LogP contribution in [0, 0.1) is 12.7 Å². The molecule has 6 heteroatoms. The van der Waals surface area contributed by atoms with E-state index < -0.39 is 11.6 Å². The van der Waals surface area contributed by atoms with Crippen molar-refractivity contribution in [2.45, 2.75) is 13.3 Å². The molecule has 4 nitrogen and oxygen atoms in total. The molecule has 1 aromatic heterocycles. The largest absolute Gasteiger partial charge is 0.496 e. The Bertz CT molecular complexity index is 667. The molecule has 2 rings (SSSR count). The molecule has 0 aliphatic heterocycles. The van der Waals surface area contributed by atoms with E-state index in [0.29, 0.717) is 16.4 Å². The molecule has 0 atom stereocenters. The minimum atomic E-state index is -0.607. The van der Waals surface area contributed by atoms with Crippen molar-refractivity contribution in [1.29, 1.82) is 0 Å². The quantitative estimate of drug-likeness (QED) is 0.815. The monoisotopic (exact) mass is 296 g/mol. The van der Waals surface area contributed by atoms with Gasteiger partial charge in [0.1, 0.15) is 11.6 Å². The van der Waals surface area contributed by atoms with Crippen molar-refractivity contribution in [3.05, 3.63) is 46.0 Å². The second-order valence-corrected chi connectivity index (χ2v) is 4.76. The summed E-state index contributed by atoms with van der Waals surface area (Å²) < 4.78 is 20.4. The fraction of sp³-hybridized carbons (Fsp3) is 0.286. The second kappa shape index (κ2) is 5.63. The lowest BCUT2D eigenvalue weighted by Gasteiger charge is -2.09. The van der Waals surface area contributed by atoms with E-state index in [1.165, 1.54) is 23.9 Å². The normalized spacial score (nSPS) is 10.7. The third kappa shape index (κ3) is 2.54. The molecule has 0 amide bonds. The Labute approximate surface area is 121 Å². The molecule has 0 spiro atoms. The lowest BCUT2D eigenvalue weighted by molar-refractivity contribution is 0.0983. The van der Waals surface area contributed by atoms with Crippen LogP contribution in [0.1, 0.15) is 21.7 Å². The Morgan fingerprint density at radius 3 is 2.75 bits per heavy atom. The van der Waals surface area contributed by atoms with Gasteiger partial charge in [0.15, 0.2) is 5.78 Å². The molecule has 1 heterocycles. The van der Waals surface area contributed by atoms with Gasteiger partial charge < -0.3 is 4.74 Å². The highest BCUT2D eigenvalue weighted by atomic mass is 35.5. The van der Waals surface area contributed by atoms with Gasteiger partial charge in [-0.05, 0) is 19.1 Å². The summed E-state index contributed by atoms with van der Waals surface area (Å²) >= 11 is 6.10. The van der Waals surface area contributed by atoms with Crippen molar-refractivity contribution < 1.29 is 13.9 Å². The average Bonchev–Trinajstić information content (AvgIpc) is 2.64. The number of hydrogen-bond donors (Lipinski definition) is 0. The third-order valence-corrected chi connectivity index (χ3v) is 3.56. The van der Waals surface area contributed by atoms with E-state index in [1.54, 1.807) is 20.0 Å². The number of ether oxygens (including phenoxy) is 1. The molecular weight excluding hydrogens is 283 g/mol. The Hall–Kier alpha value is -1.88. The first-order chi connectivity index (χ1) is 9.45. The highest BCUT2D eigenvalue weighted by Crippen LogP contribution is 2.25. The Kier molecular flexibility index (Phi) is 4.09. The number of rotatable bonds is 4. The van der Waals surface area contributed by atoms with E-state index in [1.807, 2.05) is 0 Å². The maximum atomic E-state index is 13.8. The van der Waals surface area contributed by atoms with Gasteiger partial charge in [-0.15, -0.1) is 0 Å². The maximum Gasteiger partial charge on any atom is 0.175 e. The van der Waals surface area contributed by atoms with Gasteiger partial charge in [-0.3, -0.25) is 9.48 Å². The summed E-state index contributed by atoms with van der Waals surface area (Å²) in [6.45, 7) is 1.75. The molecule has 0 saturated heterocycles. The first kappa shape index (κ1) is 14.5. The number of aromatic nitrogens is 2. The smallest absolute Gasteiger partial charge is 0.175 e. The van der Waals surface area contributed by atoms with Gasteiger partial charge in [-0.25, -0.2) is 4.39 Å². The molecule has 20 heavy (non-hydrogen) atoms. The number of carbonyl (C=O) groups excluding carboxylic acids is 1. The van der Waals surface area contributed by atoms with Crippen LogP contribution in [0.4, 0.5) is 4.39 Å². The minimum absolute atomic E-state index is 0.0343. The molecule has 0 N–H and O–H groups in total. The van der Waals surface area contributed by atoms with E-state index in [-0.39, 0.29) is 17.7 Å². The number of methoxy groups -OCH3 is 1. The molecule has 1 aromatic carbocycles. The third-order valence-electron chi connectivity index (χ3n) is 3.06. The summed E-state index contributed by atoms with van der Waals surface area (Å²) in [4.78, 5) is 12.3. The van der Waals surface area contributed by atoms with Crippen LogP contribution in [-0.4, -0.2) is 22.7 Å². The number of halogens is 2. The lowest BCUT2D eigenvalue weighted by atomic mass is 10.0. The number of carbonyl (C=O) groups is 1. The molecule has 0 radical (unpaired) electrons. The molecule has 2 aromatic rings. The van der Waals surface area contributed by atoms with Crippen LogP contribution in [0.2, 0.25) is 5.02 Å². The molecule has 0 bridgehead atoms. The lowest BCUT2D eigenvalue weighted by Crippen LogP contribution is -2.11. The average molecular weight is 297 g/mol. The van der Waals surface area contributed by atoms with Crippen LogP contribution in [0.5, 0.6) is 5.75 Å². The van der Waals surface area contributed by atoms with Crippen LogP contribution in [0.25, 0.3) is 0 Å². The van der Waals surface area contributed by atoms with Gasteiger partial charge in [0.2, 0.25) is 0 Å². The van der Waals surface area contributed by atoms with Crippen molar-refractivity contribution in [3.8, 4) is 5.75 Å². The summed E-state index contributed by atoms with van der Waals surface area (Å²) in [5.74, 6) is -0.792. The van der Waals surface area contributed by atoms with Gasteiger partial charge in [0, 0.05) is 7.05 Å². The van der Waals surface area contributed by atoms with Gasteiger partial charge in [-0.1, -0.05) is 17.7 Å². The van der Waals surface area contributed by atoms with Crippen molar-refractivity contribution in [2.75, 3.05) is 7.11 Å². The van der Waals surface area contributed by atoms with Crippen molar-refractivity contribution in [2.24, 2.45) is 7.05 Å². The van der Waals surface area contributed by atoms with E-state index >= 15 is 0 Å². The van der Waals surface area contributed by atoms with E-state index in [9.17, 15) is 9.18 Å². The highest BCUT2D eigenvalue weighted by Gasteiger charge is 2.21. The summed E-state index contributed by atoms with van der Waals surface area (Å²) in [5, 5.41) is 4.56. The fourth-order valence-electron chi connectivity index (χ4n) is 2.06. The summed E-state index contributed by atoms with van der Waals surface area (Å²) in [7, 11) is 3.09. The van der Waals surface area contributed by atoms with Crippen LogP contribution in [-0.2, 0) is 13.5 Å². The Morgan fingerprint density at radius 2 is 2.20 bits per heavy atom. The van der Waals surface area contributed by atoms with Gasteiger partial charge in [0.25, 0.3) is 0 Å². The zero-order valence-corrected chi connectivity index (χ0v) is 12.2. The molecule has 0 saturated carbocycles. The summed E-state index contributed by atoms with van der Waals surface area (Å²) in [6.07, 6.45) is -0.0343. The summed E-state index contributed by atoms with van der Waals surface area (Å²) in [6, 6.07) is 4.27. The molecular formula is C14H14ClFN2O2. The van der Waals surface area contributed by atoms with Crippen LogP contribution in [0.15, 0.2) is 18.2 Å². The van der Waals surface area contributed by atoms with Crippen molar-refractivity contribution >= 4 is 17.4 Å². The number of nitrogens with zero attached hydrogens (tertiary/aromatic N) is 2. The number of benzene rings is 1. The van der Waals surface area contributed by atoms with Crippen LogP contribution >= 0.6 is 11.6 Å². The predicted octanol–water partition coefficient (Wildman–Crippen LogP) is 2.96. The number of ketones is 1. The number of aryl methyl sites for hydroxylation is 2. The molecule has 0 aliphatic carbocycles. The molecule has 0 fully saturated rings. The highest BCUT2D eigenvalue weighted by molar-refractivity contribution is 6.32. The van der Waals surface area contributed by atoms with Gasteiger partial charge >= 0.3 is 0 Å². The first-order valence-corrected chi connectivity index (χ1v) is 6.37. The SMILES string of the molecule is COc1cccc(F)c1C(=O)Cc1c(Cl)c(C)nn1C. The van der Waals surface area contributed by atoms with Gasteiger partial charge in [0.05, 0.1) is 35.5 Å². The Balaban J connectivity index is 2.38. The number of hydrogen-bond acceptors (Lipinski definition) is 3. The van der Waals surface area contributed by atoms with Crippen molar-refractivity contribution in [1.82, 2.24) is 9.78 Å². The number of Topliss-reactive ketones (excluding diaryl/α,β-unsaturated/α-hetero) is 1. The second-order valence-electron chi connectivity index (χ2n) is 4.39. The zero-order valence-electron chi connectivity index (χ0n) is 11.4. The zero-order chi connectivity index (χ0) is 14.9. The fourth-order valence-corrected chi connectivity index (χ4v) is 2.28. The minimum Gasteiger partial charge on any atom is -0.496 e. The van der Waals surface area contributed by atoms with Gasteiger partial charge in [-0.2, -0.15) is 5.10 Å². The predicted molar refractivity (Wildman–Crippen MR) is 73.9 cm³/mol. The maximum absolute atomic E-state index is 13.8. The van der Waals surface area contributed by atoms with Crippen molar-refractivity contribution in [3.63, 3.8) is 0 Å². The molecule has 106 valence electrons. The standard InChI is InChI=1S/C14H14ClFN2O2/c1-8-14(15)10(18(2)17-8)7-11(19)13-9(16)5-4-6-12(13)20-3/h4-6H,7H2,1-3H3. The van der Waals surface area contributed by atoms with E-state index in [4.69, 9.17) is 16.3 Å². The van der Waals surface area contributed by atoms with Crippen LogP contribution < -0.4 is 4.74 Å².